The van der Waals surface area contributed by atoms with E-state index >= 15 is 0 Å². The van der Waals surface area contributed by atoms with Crippen molar-refractivity contribution < 1.29 is 18.3 Å². The monoisotopic (exact) mass is 388 g/mol. The van der Waals surface area contributed by atoms with Crippen LogP contribution in [0.3, 0.4) is 0 Å². The summed E-state index contributed by atoms with van der Waals surface area (Å²) in [4.78, 5) is 19.9. The molecule has 0 atom stereocenters. The second-order valence-corrected chi connectivity index (χ2v) is 6.26. The first-order chi connectivity index (χ1) is 13.0. The summed E-state index contributed by atoms with van der Waals surface area (Å²) in [5.41, 5.74) is 0.416. The van der Waals surface area contributed by atoms with Crippen molar-refractivity contribution in [3.63, 3.8) is 0 Å². The summed E-state index contributed by atoms with van der Waals surface area (Å²) in [6, 6.07) is 2.59. The molecule has 1 amide bonds. The van der Waals surface area contributed by atoms with E-state index in [4.69, 9.17) is 4.74 Å². The number of fused-ring (bicyclic) bond motifs is 1. The molecule has 0 radical (unpaired) electrons. The Bertz CT molecular complexity index is 1160. The van der Waals surface area contributed by atoms with Gasteiger partial charge in [-0.1, -0.05) is 0 Å². The molecule has 0 aliphatic carbocycles. The summed E-state index contributed by atoms with van der Waals surface area (Å²) in [7, 11) is 0. The Labute approximate surface area is 154 Å². The highest BCUT2D eigenvalue weighted by Gasteiger charge is 2.18. The molecule has 11 heteroatoms. The van der Waals surface area contributed by atoms with Crippen LogP contribution >= 0.6 is 11.3 Å². The van der Waals surface area contributed by atoms with E-state index in [2.05, 4.69) is 25.5 Å². The van der Waals surface area contributed by atoms with Crippen molar-refractivity contribution in [2.45, 2.75) is 6.92 Å². The van der Waals surface area contributed by atoms with Gasteiger partial charge in [0, 0.05) is 11.4 Å². The lowest BCUT2D eigenvalue weighted by Gasteiger charge is -2.09. The van der Waals surface area contributed by atoms with Gasteiger partial charge in [-0.3, -0.25) is 19.5 Å². The van der Waals surface area contributed by atoms with Crippen LogP contribution in [0.1, 0.15) is 16.2 Å². The summed E-state index contributed by atoms with van der Waals surface area (Å²) in [6.45, 7) is 1.70. The van der Waals surface area contributed by atoms with Crippen LogP contribution in [0.25, 0.3) is 5.65 Å². The fourth-order valence-electron chi connectivity index (χ4n) is 2.36. The molecule has 0 bridgehead atoms. The molecule has 0 fully saturated rings. The fraction of sp³-hybridized carbons (Fsp3) is 0.0625. The van der Waals surface area contributed by atoms with Crippen molar-refractivity contribution in [1.82, 2.24) is 24.6 Å². The van der Waals surface area contributed by atoms with Gasteiger partial charge in [0.05, 0.1) is 24.2 Å². The molecule has 27 heavy (non-hydrogen) atoms. The summed E-state index contributed by atoms with van der Waals surface area (Å²) in [6.07, 6.45) is 3.95. The number of ether oxygens (including phenoxy) is 1. The van der Waals surface area contributed by atoms with Crippen molar-refractivity contribution in [2.75, 3.05) is 5.32 Å². The van der Waals surface area contributed by atoms with Crippen molar-refractivity contribution in [3.05, 3.63) is 59.3 Å². The Hall–Kier alpha value is -3.47. The molecular formula is C16H10F2N6O2S. The molecule has 0 aliphatic heterocycles. The average Bonchev–Trinajstić information content (AvgIpc) is 3.20. The number of aryl methyl sites for hydroxylation is 1. The number of rotatable bonds is 4. The molecule has 4 aromatic rings. The average molecular weight is 388 g/mol. The molecule has 1 N–H and O–H groups in total. The van der Waals surface area contributed by atoms with Gasteiger partial charge in [-0.15, -0.1) is 21.5 Å². The zero-order valence-corrected chi connectivity index (χ0v) is 14.5. The molecule has 0 saturated heterocycles. The van der Waals surface area contributed by atoms with Crippen LogP contribution in [0.15, 0.2) is 36.1 Å². The predicted octanol–water partition coefficient (Wildman–Crippen LogP) is 3.21. The number of nitrogens with one attached hydrogen (secondary N) is 1. The molecule has 4 rings (SSSR count). The van der Waals surface area contributed by atoms with Crippen molar-refractivity contribution >= 4 is 28.0 Å². The Morgan fingerprint density at radius 3 is 2.81 bits per heavy atom. The maximum atomic E-state index is 13.3. The van der Waals surface area contributed by atoms with Crippen LogP contribution in [0.2, 0.25) is 0 Å². The second kappa shape index (κ2) is 6.68. The lowest BCUT2D eigenvalue weighted by Crippen LogP contribution is -2.14. The summed E-state index contributed by atoms with van der Waals surface area (Å²) >= 11 is 0.949. The number of hydrogen-bond acceptors (Lipinski definition) is 7. The van der Waals surface area contributed by atoms with Gasteiger partial charge in [0.25, 0.3) is 5.91 Å². The first kappa shape index (κ1) is 17.0. The topological polar surface area (TPSA) is 94.3 Å². The Balaban J connectivity index is 1.73. The Morgan fingerprint density at radius 2 is 2.07 bits per heavy atom. The minimum atomic E-state index is -0.686. The molecule has 0 unspecified atom stereocenters. The van der Waals surface area contributed by atoms with Gasteiger partial charge in [-0.25, -0.2) is 4.39 Å². The normalized spacial score (nSPS) is 10.9. The fourth-order valence-corrected chi connectivity index (χ4v) is 2.92. The van der Waals surface area contributed by atoms with E-state index in [9.17, 15) is 13.6 Å². The van der Waals surface area contributed by atoms with Gasteiger partial charge in [-0.2, -0.15) is 9.37 Å². The SMILES string of the molecule is Cc1nnc2c(C(=O)Nc3nc(F)cs3)cc(Oc3cncc(F)c3)cn12. The number of anilines is 1. The van der Waals surface area contributed by atoms with Gasteiger partial charge < -0.3 is 4.74 Å². The van der Waals surface area contributed by atoms with Crippen LogP contribution in [-0.2, 0) is 0 Å². The van der Waals surface area contributed by atoms with Gasteiger partial charge in [0.2, 0.25) is 5.95 Å². The number of nitrogens with zero attached hydrogens (tertiary/aromatic N) is 5. The van der Waals surface area contributed by atoms with E-state index in [0.29, 0.717) is 5.82 Å². The van der Waals surface area contributed by atoms with Crippen LogP contribution < -0.4 is 10.1 Å². The van der Waals surface area contributed by atoms with E-state index in [0.717, 1.165) is 23.6 Å². The molecule has 8 nitrogen and oxygen atoms in total. The molecule has 0 spiro atoms. The Kier molecular flexibility index (Phi) is 4.20. The van der Waals surface area contributed by atoms with E-state index in [1.807, 2.05) is 0 Å². The zero-order chi connectivity index (χ0) is 19.0. The highest BCUT2D eigenvalue weighted by Crippen LogP contribution is 2.25. The lowest BCUT2D eigenvalue weighted by molar-refractivity contribution is 0.102. The number of carbonyl (C=O) groups excluding carboxylic acids is 1. The predicted molar refractivity (Wildman–Crippen MR) is 92.0 cm³/mol. The molecule has 136 valence electrons. The summed E-state index contributed by atoms with van der Waals surface area (Å²) in [5.74, 6) is -0.888. The molecule has 0 aromatic carbocycles. The standard InChI is InChI=1S/C16H10F2N6O2S/c1-8-22-23-14-12(15(25)21-16-20-13(18)7-27-16)3-11(6-24(8)14)26-10-2-9(17)4-19-5-10/h2-7H,1H3,(H,20,21,25). The Morgan fingerprint density at radius 1 is 1.22 bits per heavy atom. The number of amides is 1. The van der Waals surface area contributed by atoms with Gasteiger partial charge in [0.15, 0.2) is 10.8 Å². The quantitative estimate of drug-likeness (QED) is 0.577. The molecular weight excluding hydrogens is 378 g/mol. The minimum Gasteiger partial charge on any atom is -0.454 e. The third-order valence-electron chi connectivity index (χ3n) is 3.51. The maximum absolute atomic E-state index is 13.3. The van der Waals surface area contributed by atoms with Crippen molar-refractivity contribution in [1.29, 1.82) is 0 Å². The number of thiazole rings is 1. The highest BCUT2D eigenvalue weighted by atomic mass is 32.1. The van der Waals surface area contributed by atoms with E-state index in [1.54, 1.807) is 17.5 Å². The van der Waals surface area contributed by atoms with E-state index in [-0.39, 0.29) is 27.8 Å². The smallest absolute Gasteiger partial charge is 0.261 e. The number of hydrogen-bond donors (Lipinski definition) is 1. The lowest BCUT2D eigenvalue weighted by atomic mass is 10.2. The van der Waals surface area contributed by atoms with E-state index in [1.165, 1.54) is 17.6 Å². The number of carbonyl (C=O) groups is 1. The van der Waals surface area contributed by atoms with Gasteiger partial charge >= 0.3 is 0 Å². The largest absolute Gasteiger partial charge is 0.454 e. The summed E-state index contributed by atoms with van der Waals surface area (Å²) in [5, 5.41) is 11.7. The van der Waals surface area contributed by atoms with Gasteiger partial charge in [0.1, 0.15) is 23.1 Å². The van der Waals surface area contributed by atoms with Gasteiger partial charge in [-0.05, 0) is 13.0 Å². The van der Waals surface area contributed by atoms with Crippen LogP contribution in [0.4, 0.5) is 13.9 Å². The van der Waals surface area contributed by atoms with Crippen molar-refractivity contribution in [3.8, 4) is 11.5 Å². The van der Waals surface area contributed by atoms with Crippen LogP contribution in [0, 0.1) is 18.7 Å². The third kappa shape index (κ3) is 3.44. The summed E-state index contributed by atoms with van der Waals surface area (Å²) < 4.78 is 33.5. The maximum Gasteiger partial charge on any atom is 0.261 e. The van der Waals surface area contributed by atoms with Crippen LogP contribution in [0.5, 0.6) is 11.5 Å². The highest BCUT2D eigenvalue weighted by molar-refractivity contribution is 7.13. The van der Waals surface area contributed by atoms with Crippen molar-refractivity contribution in [2.24, 2.45) is 0 Å². The van der Waals surface area contributed by atoms with E-state index < -0.39 is 17.7 Å². The number of pyridine rings is 2. The molecule has 0 saturated carbocycles. The molecule has 4 heterocycles. The molecule has 0 aliphatic rings. The number of halogens is 2. The van der Waals surface area contributed by atoms with Crippen LogP contribution in [-0.4, -0.2) is 30.5 Å². The zero-order valence-electron chi connectivity index (χ0n) is 13.7. The minimum absolute atomic E-state index is 0.104. The number of aromatic nitrogens is 5. The molecule has 4 aromatic heterocycles. The third-order valence-corrected chi connectivity index (χ3v) is 4.24. The first-order valence-electron chi connectivity index (χ1n) is 7.56. The first-order valence-corrected chi connectivity index (χ1v) is 8.44. The second-order valence-electron chi connectivity index (χ2n) is 5.40.